The molecule has 0 aliphatic rings. The molecule has 116 valence electrons. The van der Waals surface area contributed by atoms with Crippen LogP contribution in [0, 0.1) is 13.8 Å². The zero-order valence-corrected chi connectivity index (χ0v) is 12.4. The molecule has 2 aromatic rings. The number of hydrogen-bond donors (Lipinski definition) is 2. The van der Waals surface area contributed by atoms with E-state index in [-0.39, 0.29) is 17.9 Å². The fraction of sp³-hybridized carbons (Fsp3) is 0.250. The molecule has 22 heavy (non-hydrogen) atoms. The van der Waals surface area contributed by atoms with Gasteiger partial charge in [0.2, 0.25) is 0 Å². The van der Waals surface area contributed by atoms with Gasteiger partial charge in [-0.05, 0) is 25.0 Å². The molecule has 6 heteroatoms. The van der Waals surface area contributed by atoms with Crippen molar-refractivity contribution < 1.29 is 23.8 Å². The third-order valence-electron chi connectivity index (χ3n) is 3.11. The van der Waals surface area contributed by atoms with Gasteiger partial charge in [-0.25, -0.2) is 4.79 Å². The van der Waals surface area contributed by atoms with E-state index in [0.717, 1.165) is 23.1 Å². The molecule has 1 aromatic carbocycles. The van der Waals surface area contributed by atoms with Crippen LogP contribution in [0.4, 0.5) is 0 Å². The topological polar surface area (TPSA) is 88.8 Å². The number of aromatic carboxylic acids is 1. The number of carboxylic acid groups (broad SMARTS) is 1. The zero-order chi connectivity index (χ0) is 16.1. The zero-order valence-electron chi connectivity index (χ0n) is 12.4. The van der Waals surface area contributed by atoms with Gasteiger partial charge in [0.25, 0.3) is 5.91 Å². The highest BCUT2D eigenvalue weighted by Crippen LogP contribution is 2.21. The second-order valence-electron chi connectivity index (χ2n) is 4.83. The van der Waals surface area contributed by atoms with Gasteiger partial charge in [-0.1, -0.05) is 18.2 Å². The van der Waals surface area contributed by atoms with Crippen molar-refractivity contribution in [1.82, 2.24) is 5.32 Å². The first-order valence-corrected chi connectivity index (χ1v) is 6.78. The second-order valence-corrected chi connectivity index (χ2v) is 4.83. The summed E-state index contributed by atoms with van der Waals surface area (Å²) in [6.07, 6.45) is 1.03. The number of carboxylic acids is 1. The fourth-order valence-electron chi connectivity index (χ4n) is 2.00. The second kappa shape index (κ2) is 6.80. The van der Waals surface area contributed by atoms with E-state index in [0.29, 0.717) is 6.61 Å². The largest absolute Gasteiger partial charge is 0.491 e. The van der Waals surface area contributed by atoms with Gasteiger partial charge in [0.1, 0.15) is 18.6 Å². The molecule has 0 saturated carbocycles. The maximum atomic E-state index is 11.8. The number of rotatable bonds is 6. The summed E-state index contributed by atoms with van der Waals surface area (Å²) in [6, 6.07) is 7.05. The van der Waals surface area contributed by atoms with Crippen molar-refractivity contribution >= 4 is 11.9 Å². The van der Waals surface area contributed by atoms with Gasteiger partial charge >= 0.3 is 5.97 Å². The Morgan fingerprint density at radius 1 is 1.27 bits per heavy atom. The molecule has 2 N–H and O–H groups in total. The minimum Gasteiger partial charge on any atom is -0.491 e. The standard InChI is InChI=1S/C16H17NO5/c1-10-4-3-5-11(2)14(10)21-7-6-17-15(18)13-8-12(9-22-13)16(19)20/h3-5,8-9H,6-7H2,1-2H3,(H,17,18)(H,19,20). The van der Waals surface area contributed by atoms with Crippen LogP contribution >= 0.6 is 0 Å². The number of ether oxygens (including phenoxy) is 1. The van der Waals surface area contributed by atoms with Crippen LogP contribution < -0.4 is 10.1 Å². The van der Waals surface area contributed by atoms with E-state index in [9.17, 15) is 9.59 Å². The minimum atomic E-state index is -1.14. The van der Waals surface area contributed by atoms with Crippen LogP contribution in [0.15, 0.2) is 34.9 Å². The van der Waals surface area contributed by atoms with Gasteiger partial charge in [0.15, 0.2) is 5.76 Å². The number of hydrogen-bond acceptors (Lipinski definition) is 4. The van der Waals surface area contributed by atoms with Crippen LogP contribution in [0.3, 0.4) is 0 Å². The van der Waals surface area contributed by atoms with Crippen molar-refractivity contribution in [1.29, 1.82) is 0 Å². The summed E-state index contributed by atoms with van der Waals surface area (Å²) in [7, 11) is 0. The minimum absolute atomic E-state index is 0.0375. The lowest BCUT2D eigenvalue weighted by atomic mass is 10.1. The maximum Gasteiger partial charge on any atom is 0.338 e. The third kappa shape index (κ3) is 3.66. The average molecular weight is 303 g/mol. The lowest BCUT2D eigenvalue weighted by Gasteiger charge is -2.12. The van der Waals surface area contributed by atoms with Crippen molar-refractivity contribution in [3.63, 3.8) is 0 Å². The molecule has 0 spiro atoms. The Kier molecular flexibility index (Phi) is 4.83. The number of carbonyl (C=O) groups excluding carboxylic acids is 1. The highest BCUT2D eigenvalue weighted by molar-refractivity contribution is 5.95. The van der Waals surface area contributed by atoms with Crippen molar-refractivity contribution in [3.05, 3.63) is 53.0 Å². The predicted molar refractivity (Wildman–Crippen MR) is 79.4 cm³/mol. The van der Waals surface area contributed by atoms with Crippen LogP contribution in [0.1, 0.15) is 32.0 Å². The van der Waals surface area contributed by atoms with Gasteiger partial charge in [-0.2, -0.15) is 0 Å². The smallest absolute Gasteiger partial charge is 0.338 e. The lowest BCUT2D eigenvalue weighted by molar-refractivity contribution is 0.0696. The SMILES string of the molecule is Cc1cccc(C)c1OCCNC(=O)c1cc(C(=O)O)co1. The summed E-state index contributed by atoms with van der Waals surface area (Å²) >= 11 is 0. The predicted octanol–water partition coefficient (Wildman–Crippen LogP) is 2.40. The highest BCUT2D eigenvalue weighted by Gasteiger charge is 2.14. The number of nitrogens with one attached hydrogen (secondary N) is 1. The van der Waals surface area contributed by atoms with Crippen molar-refractivity contribution in [2.24, 2.45) is 0 Å². The number of carbonyl (C=O) groups is 2. The summed E-state index contributed by atoms with van der Waals surface area (Å²) in [6.45, 7) is 4.51. The van der Waals surface area contributed by atoms with Gasteiger partial charge in [0, 0.05) is 6.07 Å². The van der Waals surface area contributed by atoms with E-state index in [1.807, 2.05) is 32.0 Å². The van der Waals surface area contributed by atoms with Crippen LogP contribution in [-0.2, 0) is 0 Å². The van der Waals surface area contributed by atoms with E-state index >= 15 is 0 Å². The molecule has 0 fully saturated rings. The monoisotopic (exact) mass is 303 g/mol. The van der Waals surface area contributed by atoms with Gasteiger partial charge in [0.05, 0.1) is 12.1 Å². The molecule has 2 rings (SSSR count). The quantitative estimate of drug-likeness (QED) is 0.800. The average Bonchev–Trinajstić information content (AvgIpc) is 2.96. The van der Waals surface area contributed by atoms with Gasteiger partial charge in [-0.3, -0.25) is 4.79 Å². The van der Waals surface area contributed by atoms with Crippen molar-refractivity contribution in [2.45, 2.75) is 13.8 Å². The van der Waals surface area contributed by atoms with E-state index in [2.05, 4.69) is 5.32 Å². The Hall–Kier alpha value is -2.76. The molecule has 0 bridgehead atoms. The Balaban J connectivity index is 1.83. The van der Waals surface area contributed by atoms with Crippen LogP contribution in [-0.4, -0.2) is 30.1 Å². The molecular weight excluding hydrogens is 286 g/mol. The number of furan rings is 1. The molecule has 0 atom stereocenters. The fourth-order valence-corrected chi connectivity index (χ4v) is 2.00. The Morgan fingerprint density at radius 3 is 2.55 bits per heavy atom. The lowest BCUT2D eigenvalue weighted by Crippen LogP contribution is -2.27. The highest BCUT2D eigenvalue weighted by atomic mass is 16.5. The normalized spacial score (nSPS) is 10.3. The van der Waals surface area contributed by atoms with E-state index in [4.69, 9.17) is 14.3 Å². The van der Waals surface area contributed by atoms with E-state index in [1.54, 1.807) is 0 Å². The molecule has 0 saturated heterocycles. The van der Waals surface area contributed by atoms with Gasteiger partial charge in [-0.15, -0.1) is 0 Å². The molecule has 1 amide bonds. The number of para-hydroxylation sites is 1. The molecule has 0 radical (unpaired) electrons. The summed E-state index contributed by atoms with van der Waals surface area (Å²) in [5.41, 5.74) is 2.00. The molecule has 0 unspecified atom stereocenters. The number of benzene rings is 1. The van der Waals surface area contributed by atoms with Crippen LogP contribution in [0.5, 0.6) is 5.75 Å². The Bertz CT molecular complexity index is 669. The summed E-state index contributed by atoms with van der Waals surface area (Å²) in [5.74, 6) is -0.842. The molecule has 1 heterocycles. The molecular formula is C16H17NO5. The number of aryl methyl sites for hydroxylation is 2. The molecule has 1 aromatic heterocycles. The molecule has 0 aliphatic heterocycles. The third-order valence-corrected chi connectivity index (χ3v) is 3.11. The Morgan fingerprint density at radius 2 is 1.95 bits per heavy atom. The van der Waals surface area contributed by atoms with Crippen molar-refractivity contribution in [3.8, 4) is 5.75 Å². The molecule has 0 aliphatic carbocycles. The van der Waals surface area contributed by atoms with Crippen LogP contribution in [0.2, 0.25) is 0 Å². The first-order valence-electron chi connectivity index (χ1n) is 6.78. The first kappa shape index (κ1) is 15.6. The van der Waals surface area contributed by atoms with E-state index in [1.165, 1.54) is 6.07 Å². The first-order chi connectivity index (χ1) is 10.5. The van der Waals surface area contributed by atoms with Crippen LogP contribution in [0.25, 0.3) is 0 Å². The summed E-state index contributed by atoms with van der Waals surface area (Å²) < 4.78 is 10.6. The molecule has 6 nitrogen and oxygen atoms in total. The van der Waals surface area contributed by atoms with Crippen molar-refractivity contribution in [2.75, 3.05) is 13.2 Å². The number of amides is 1. The maximum absolute atomic E-state index is 11.8. The van der Waals surface area contributed by atoms with Gasteiger partial charge < -0.3 is 19.6 Å². The Labute approximate surface area is 127 Å². The summed E-state index contributed by atoms with van der Waals surface area (Å²) in [5, 5.41) is 11.4. The summed E-state index contributed by atoms with van der Waals surface area (Å²) in [4.78, 5) is 22.5. The van der Waals surface area contributed by atoms with E-state index < -0.39 is 11.9 Å².